The molecule has 4 rings (SSSR count). The molecule has 2 aromatic heterocycles. The number of anilines is 1. The van der Waals surface area contributed by atoms with Gasteiger partial charge in [0.05, 0.1) is 5.69 Å². The maximum Gasteiger partial charge on any atom is 0.228 e. The van der Waals surface area contributed by atoms with E-state index in [0.29, 0.717) is 18.7 Å². The second kappa shape index (κ2) is 8.02. The van der Waals surface area contributed by atoms with E-state index >= 15 is 0 Å². The Morgan fingerprint density at radius 2 is 1.97 bits per heavy atom. The molecule has 170 valence electrons. The largest absolute Gasteiger partial charge is 0.351 e. The SMILES string of the molecule is CCC(CC(=O)N(C)c1nc(-c2ccc3c(ccn3C)c2)ccc1C)CC1(C)CC1(C)F. The molecule has 1 aliphatic carbocycles. The number of amides is 1. The molecule has 3 unspecified atom stereocenters. The first-order valence-electron chi connectivity index (χ1n) is 11.5. The molecule has 4 nitrogen and oxygen atoms in total. The Hall–Kier alpha value is -2.69. The minimum Gasteiger partial charge on any atom is -0.351 e. The van der Waals surface area contributed by atoms with Gasteiger partial charge in [-0.1, -0.05) is 32.4 Å². The van der Waals surface area contributed by atoms with E-state index in [1.807, 2.05) is 39.2 Å². The third-order valence-electron chi connectivity index (χ3n) is 7.58. The Morgan fingerprint density at radius 1 is 1.25 bits per heavy atom. The lowest BCUT2D eigenvalue weighted by Gasteiger charge is -2.24. The number of carbonyl (C=O) groups is 1. The molecule has 2 heterocycles. The van der Waals surface area contributed by atoms with E-state index in [9.17, 15) is 9.18 Å². The van der Waals surface area contributed by atoms with Crippen molar-refractivity contribution >= 4 is 22.6 Å². The smallest absolute Gasteiger partial charge is 0.228 e. The third kappa shape index (κ3) is 4.05. The Labute approximate surface area is 190 Å². The van der Waals surface area contributed by atoms with Crippen molar-refractivity contribution in [1.82, 2.24) is 9.55 Å². The van der Waals surface area contributed by atoms with Crippen LogP contribution in [0.2, 0.25) is 0 Å². The van der Waals surface area contributed by atoms with Crippen LogP contribution in [0.4, 0.5) is 10.2 Å². The molecule has 0 aliphatic heterocycles. The molecular weight excluding hydrogens is 401 g/mol. The first-order valence-corrected chi connectivity index (χ1v) is 11.5. The van der Waals surface area contributed by atoms with Crippen molar-refractivity contribution in [2.24, 2.45) is 18.4 Å². The van der Waals surface area contributed by atoms with Crippen molar-refractivity contribution in [1.29, 1.82) is 0 Å². The summed E-state index contributed by atoms with van der Waals surface area (Å²) in [6.07, 6.45) is 4.68. The van der Waals surface area contributed by atoms with Crippen LogP contribution in [0.1, 0.15) is 52.0 Å². The lowest BCUT2D eigenvalue weighted by Crippen LogP contribution is -2.30. The Morgan fingerprint density at radius 3 is 2.62 bits per heavy atom. The number of aryl methyl sites for hydroxylation is 2. The summed E-state index contributed by atoms with van der Waals surface area (Å²) in [6.45, 7) is 7.75. The van der Waals surface area contributed by atoms with Crippen LogP contribution in [0.25, 0.3) is 22.2 Å². The molecular formula is C27H34FN3O. The van der Waals surface area contributed by atoms with Gasteiger partial charge < -0.3 is 4.57 Å². The van der Waals surface area contributed by atoms with Gasteiger partial charge in [-0.15, -0.1) is 0 Å². The number of fused-ring (bicyclic) bond motifs is 1. The normalized spacial score (nSPS) is 23.3. The summed E-state index contributed by atoms with van der Waals surface area (Å²) in [5.41, 5.74) is 2.62. The third-order valence-corrected chi connectivity index (χ3v) is 7.58. The minimum atomic E-state index is -1.10. The predicted octanol–water partition coefficient (Wildman–Crippen LogP) is 6.46. The highest BCUT2D eigenvalue weighted by Crippen LogP contribution is 2.62. The van der Waals surface area contributed by atoms with Crippen LogP contribution in [-0.4, -0.2) is 28.2 Å². The van der Waals surface area contributed by atoms with Crippen LogP contribution in [0.5, 0.6) is 0 Å². The van der Waals surface area contributed by atoms with Crippen molar-refractivity contribution in [2.75, 3.05) is 11.9 Å². The summed E-state index contributed by atoms with van der Waals surface area (Å²) < 4.78 is 16.5. The number of halogens is 1. The number of pyridine rings is 1. The zero-order valence-electron chi connectivity index (χ0n) is 20.1. The van der Waals surface area contributed by atoms with E-state index in [4.69, 9.17) is 4.98 Å². The topological polar surface area (TPSA) is 38.1 Å². The van der Waals surface area contributed by atoms with Gasteiger partial charge in [-0.3, -0.25) is 9.69 Å². The molecule has 1 fully saturated rings. The van der Waals surface area contributed by atoms with E-state index in [0.717, 1.165) is 35.0 Å². The molecule has 3 atom stereocenters. The van der Waals surface area contributed by atoms with Gasteiger partial charge in [-0.05, 0) is 62.4 Å². The first-order chi connectivity index (χ1) is 15.0. The Kier molecular flexibility index (Phi) is 5.64. The lowest BCUT2D eigenvalue weighted by molar-refractivity contribution is -0.119. The predicted molar refractivity (Wildman–Crippen MR) is 130 cm³/mol. The monoisotopic (exact) mass is 435 g/mol. The van der Waals surface area contributed by atoms with Gasteiger partial charge >= 0.3 is 0 Å². The summed E-state index contributed by atoms with van der Waals surface area (Å²) in [4.78, 5) is 19.7. The molecule has 1 aliphatic rings. The second-order valence-electron chi connectivity index (χ2n) is 10.1. The standard InChI is InChI=1S/C27H34FN3O/c1-7-19(16-26(3)17-27(26,4)28)14-24(32)31(6)25-18(2)8-10-22(29-25)20-9-11-23-21(15-20)12-13-30(23)5/h8-13,15,19H,7,14,16-17H2,1-6H3. The molecule has 0 radical (unpaired) electrons. The van der Waals surface area contributed by atoms with Gasteiger partial charge in [-0.25, -0.2) is 9.37 Å². The van der Waals surface area contributed by atoms with Crippen LogP contribution < -0.4 is 4.90 Å². The quantitative estimate of drug-likeness (QED) is 0.427. The van der Waals surface area contributed by atoms with E-state index in [1.165, 1.54) is 5.52 Å². The van der Waals surface area contributed by atoms with Crippen LogP contribution >= 0.6 is 0 Å². The molecule has 1 aromatic carbocycles. The van der Waals surface area contributed by atoms with E-state index in [2.05, 4.69) is 35.8 Å². The second-order valence-corrected chi connectivity index (χ2v) is 10.1. The van der Waals surface area contributed by atoms with Crippen molar-refractivity contribution in [3.8, 4) is 11.3 Å². The van der Waals surface area contributed by atoms with Crippen LogP contribution in [0.3, 0.4) is 0 Å². The number of rotatable bonds is 7. The molecule has 5 heteroatoms. The molecule has 32 heavy (non-hydrogen) atoms. The van der Waals surface area contributed by atoms with Crippen LogP contribution in [-0.2, 0) is 11.8 Å². The molecule has 1 amide bonds. The van der Waals surface area contributed by atoms with Gasteiger partial charge in [0.1, 0.15) is 11.5 Å². The van der Waals surface area contributed by atoms with Crippen molar-refractivity contribution < 1.29 is 9.18 Å². The van der Waals surface area contributed by atoms with Crippen molar-refractivity contribution in [2.45, 2.75) is 59.0 Å². The summed E-state index contributed by atoms with van der Waals surface area (Å²) >= 11 is 0. The highest BCUT2D eigenvalue weighted by Gasteiger charge is 2.62. The van der Waals surface area contributed by atoms with E-state index < -0.39 is 5.67 Å². The molecule has 0 bridgehead atoms. The van der Waals surface area contributed by atoms with Gasteiger partial charge in [-0.2, -0.15) is 0 Å². The van der Waals surface area contributed by atoms with E-state index in [-0.39, 0.29) is 17.2 Å². The van der Waals surface area contributed by atoms with Gasteiger partial charge in [0.2, 0.25) is 5.91 Å². The number of benzene rings is 1. The average molecular weight is 436 g/mol. The Balaban J connectivity index is 1.53. The van der Waals surface area contributed by atoms with Crippen LogP contribution in [0, 0.1) is 18.3 Å². The first kappa shape index (κ1) is 22.5. The highest BCUT2D eigenvalue weighted by molar-refractivity contribution is 5.93. The molecule has 0 N–H and O–H groups in total. The molecule has 0 saturated heterocycles. The molecule has 1 saturated carbocycles. The van der Waals surface area contributed by atoms with Crippen LogP contribution in [0.15, 0.2) is 42.6 Å². The lowest BCUT2D eigenvalue weighted by atomic mass is 9.87. The summed E-state index contributed by atoms with van der Waals surface area (Å²) in [7, 11) is 3.83. The Bertz CT molecular complexity index is 1160. The fourth-order valence-corrected chi connectivity index (χ4v) is 4.93. The minimum absolute atomic E-state index is 0.0351. The number of hydrogen-bond donors (Lipinski definition) is 0. The summed E-state index contributed by atoms with van der Waals surface area (Å²) in [5.74, 6) is 0.896. The number of hydrogen-bond acceptors (Lipinski definition) is 2. The number of aromatic nitrogens is 2. The maximum absolute atomic E-state index is 14.4. The zero-order chi connectivity index (χ0) is 23.3. The number of nitrogens with zero attached hydrogens (tertiary/aromatic N) is 3. The van der Waals surface area contributed by atoms with Gasteiger partial charge in [0.15, 0.2) is 0 Å². The maximum atomic E-state index is 14.4. The number of alkyl halides is 1. The van der Waals surface area contributed by atoms with Crippen molar-refractivity contribution in [3.63, 3.8) is 0 Å². The fourth-order valence-electron chi connectivity index (χ4n) is 4.93. The molecule has 0 spiro atoms. The van der Waals surface area contributed by atoms with Crippen molar-refractivity contribution in [3.05, 3.63) is 48.2 Å². The zero-order valence-corrected chi connectivity index (χ0v) is 20.1. The van der Waals surface area contributed by atoms with Gasteiger partial charge in [0, 0.05) is 48.6 Å². The van der Waals surface area contributed by atoms with Gasteiger partial charge in [0.25, 0.3) is 0 Å². The fraction of sp³-hybridized carbons (Fsp3) is 0.481. The average Bonchev–Trinajstić information content (AvgIpc) is 3.05. The summed E-state index contributed by atoms with van der Waals surface area (Å²) in [6, 6.07) is 12.4. The van der Waals surface area contributed by atoms with E-state index in [1.54, 1.807) is 18.9 Å². The number of carbonyl (C=O) groups excluding carboxylic acids is 1. The molecule has 3 aromatic rings. The summed E-state index contributed by atoms with van der Waals surface area (Å²) in [5, 5.41) is 1.16. The highest BCUT2D eigenvalue weighted by atomic mass is 19.1.